The molecule has 0 spiro atoms. The highest BCUT2D eigenvalue weighted by Crippen LogP contribution is 2.30. The Kier molecular flexibility index (Phi) is 5.58. The molecule has 0 aliphatic heterocycles. The van der Waals surface area contributed by atoms with Crippen molar-refractivity contribution >= 4 is 51.3 Å². The number of carbonyl (C=O) groups excluding carboxylic acids is 1. The van der Waals surface area contributed by atoms with Gasteiger partial charge >= 0.3 is 0 Å². The van der Waals surface area contributed by atoms with Crippen LogP contribution in [0.25, 0.3) is 0 Å². The normalized spacial score (nSPS) is 10.5. The molecule has 0 bridgehead atoms. The third-order valence-electron chi connectivity index (χ3n) is 3.31. The number of aromatic nitrogens is 1. The van der Waals surface area contributed by atoms with Crippen LogP contribution >= 0.6 is 34.5 Å². The minimum Gasteiger partial charge on any atom is -0.482 e. The van der Waals surface area contributed by atoms with Crippen LogP contribution in [-0.2, 0) is 4.79 Å². The molecule has 4 nitrogen and oxygen atoms in total. The van der Waals surface area contributed by atoms with E-state index in [1.54, 1.807) is 18.2 Å². The Morgan fingerprint density at radius 1 is 1.20 bits per heavy atom. The lowest BCUT2D eigenvalue weighted by molar-refractivity contribution is -0.119. The molecule has 0 radical (unpaired) electrons. The molecular formula is C18H14Cl2N2O2S. The van der Waals surface area contributed by atoms with Crippen LogP contribution in [0.15, 0.2) is 53.9 Å². The van der Waals surface area contributed by atoms with Gasteiger partial charge in [-0.25, -0.2) is 4.98 Å². The summed E-state index contributed by atoms with van der Waals surface area (Å²) in [7, 11) is 0. The number of ether oxygens (including phenoxy) is 1. The van der Waals surface area contributed by atoms with E-state index in [1.165, 1.54) is 16.2 Å². The van der Waals surface area contributed by atoms with Crippen molar-refractivity contribution < 1.29 is 9.53 Å². The van der Waals surface area contributed by atoms with Gasteiger partial charge in [-0.05, 0) is 31.2 Å². The van der Waals surface area contributed by atoms with Crippen LogP contribution in [0.3, 0.4) is 0 Å². The van der Waals surface area contributed by atoms with Crippen LogP contribution in [-0.4, -0.2) is 17.5 Å². The molecule has 1 heterocycles. The number of hydrogen-bond acceptors (Lipinski definition) is 4. The second kappa shape index (κ2) is 7.87. The van der Waals surface area contributed by atoms with E-state index in [-0.39, 0.29) is 12.5 Å². The highest BCUT2D eigenvalue weighted by atomic mass is 35.5. The fourth-order valence-corrected chi connectivity index (χ4v) is 3.35. The number of nitrogens with zero attached hydrogens (tertiary/aromatic N) is 2. The molecule has 0 saturated carbocycles. The smallest absolute Gasteiger partial charge is 0.271 e. The van der Waals surface area contributed by atoms with Gasteiger partial charge in [-0.3, -0.25) is 9.69 Å². The summed E-state index contributed by atoms with van der Waals surface area (Å²) in [5.41, 5.74) is 1.58. The summed E-state index contributed by atoms with van der Waals surface area (Å²) >= 11 is 13.4. The molecule has 2 aromatic carbocycles. The van der Waals surface area contributed by atoms with Crippen LogP contribution in [0, 0.1) is 6.92 Å². The van der Waals surface area contributed by atoms with Gasteiger partial charge in [0.2, 0.25) is 0 Å². The number of anilines is 2. The molecule has 0 N–H and O–H groups in total. The highest BCUT2D eigenvalue weighted by Gasteiger charge is 2.21. The number of thiazole rings is 1. The van der Waals surface area contributed by atoms with Gasteiger partial charge < -0.3 is 4.74 Å². The molecule has 1 amide bonds. The maximum atomic E-state index is 12.8. The zero-order chi connectivity index (χ0) is 17.8. The van der Waals surface area contributed by atoms with E-state index >= 15 is 0 Å². The van der Waals surface area contributed by atoms with Crippen molar-refractivity contribution in [3.63, 3.8) is 0 Å². The van der Waals surface area contributed by atoms with Gasteiger partial charge in [0.05, 0.1) is 16.4 Å². The van der Waals surface area contributed by atoms with Gasteiger partial charge in [0.25, 0.3) is 5.91 Å². The average molecular weight is 393 g/mol. The molecule has 3 aromatic rings. The SMILES string of the molecule is Cc1csc(N(C(=O)COc2cc(Cl)ccc2Cl)c2ccccc2)n1. The molecule has 3 rings (SSSR count). The monoisotopic (exact) mass is 392 g/mol. The zero-order valence-corrected chi connectivity index (χ0v) is 15.6. The Labute approximate surface area is 159 Å². The van der Waals surface area contributed by atoms with Crippen LogP contribution < -0.4 is 9.64 Å². The van der Waals surface area contributed by atoms with E-state index in [1.807, 2.05) is 42.6 Å². The Bertz CT molecular complexity index is 884. The van der Waals surface area contributed by atoms with E-state index in [4.69, 9.17) is 27.9 Å². The molecular weight excluding hydrogens is 379 g/mol. The van der Waals surface area contributed by atoms with Gasteiger partial charge in [-0.2, -0.15) is 0 Å². The first-order chi connectivity index (χ1) is 12.0. The number of carbonyl (C=O) groups is 1. The summed E-state index contributed by atoms with van der Waals surface area (Å²) in [6, 6.07) is 14.2. The third kappa shape index (κ3) is 4.31. The highest BCUT2D eigenvalue weighted by molar-refractivity contribution is 7.14. The Morgan fingerprint density at radius 2 is 1.96 bits per heavy atom. The molecule has 0 fully saturated rings. The second-order valence-corrected chi connectivity index (χ2v) is 6.88. The van der Waals surface area contributed by atoms with E-state index in [2.05, 4.69) is 4.98 Å². The summed E-state index contributed by atoms with van der Waals surface area (Å²) in [6.07, 6.45) is 0. The number of para-hydroxylation sites is 1. The molecule has 0 aliphatic rings. The maximum absolute atomic E-state index is 12.8. The first kappa shape index (κ1) is 17.7. The van der Waals surface area contributed by atoms with Crippen molar-refractivity contribution in [2.75, 3.05) is 11.5 Å². The molecule has 1 aromatic heterocycles. The minimum atomic E-state index is -0.253. The largest absolute Gasteiger partial charge is 0.482 e. The summed E-state index contributed by atoms with van der Waals surface area (Å²) in [6.45, 7) is 1.70. The van der Waals surface area contributed by atoms with E-state index in [0.29, 0.717) is 20.9 Å². The lowest BCUT2D eigenvalue weighted by Gasteiger charge is -2.20. The number of hydrogen-bond donors (Lipinski definition) is 0. The quantitative estimate of drug-likeness (QED) is 0.575. The van der Waals surface area contributed by atoms with Crippen molar-refractivity contribution in [2.45, 2.75) is 6.92 Å². The van der Waals surface area contributed by atoms with Crippen LogP contribution in [0.5, 0.6) is 5.75 Å². The number of amides is 1. The fraction of sp³-hybridized carbons (Fsp3) is 0.111. The maximum Gasteiger partial charge on any atom is 0.271 e. The van der Waals surface area contributed by atoms with Crippen molar-refractivity contribution in [1.29, 1.82) is 0 Å². The van der Waals surface area contributed by atoms with Crippen molar-refractivity contribution in [3.05, 3.63) is 69.7 Å². The Morgan fingerprint density at radius 3 is 2.64 bits per heavy atom. The number of benzene rings is 2. The predicted octanol–water partition coefficient (Wildman–Crippen LogP) is 5.50. The fourth-order valence-electron chi connectivity index (χ4n) is 2.17. The van der Waals surface area contributed by atoms with Gasteiger partial charge in [0.15, 0.2) is 11.7 Å². The first-order valence-corrected chi connectivity index (χ1v) is 9.06. The summed E-state index contributed by atoms with van der Waals surface area (Å²) in [5, 5.41) is 3.37. The second-order valence-electron chi connectivity index (χ2n) is 5.20. The van der Waals surface area contributed by atoms with Gasteiger partial charge in [0, 0.05) is 16.5 Å². The number of aryl methyl sites for hydroxylation is 1. The standard InChI is InChI=1S/C18H14Cl2N2O2S/c1-12-11-25-18(21-12)22(14-5-3-2-4-6-14)17(23)10-24-16-9-13(19)7-8-15(16)20/h2-9,11H,10H2,1H3. The molecule has 0 saturated heterocycles. The average Bonchev–Trinajstić information content (AvgIpc) is 3.03. The molecule has 7 heteroatoms. The Hall–Kier alpha value is -2.08. The van der Waals surface area contributed by atoms with Gasteiger partial charge in [-0.15, -0.1) is 11.3 Å². The van der Waals surface area contributed by atoms with E-state index in [9.17, 15) is 4.79 Å². The third-order valence-corrected chi connectivity index (χ3v) is 4.80. The number of halogens is 2. The molecule has 128 valence electrons. The van der Waals surface area contributed by atoms with Crippen molar-refractivity contribution in [2.24, 2.45) is 0 Å². The molecule has 25 heavy (non-hydrogen) atoms. The van der Waals surface area contributed by atoms with Crippen LogP contribution in [0.2, 0.25) is 10.0 Å². The molecule has 0 atom stereocenters. The first-order valence-electron chi connectivity index (χ1n) is 7.42. The molecule has 0 aliphatic carbocycles. The van der Waals surface area contributed by atoms with Gasteiger partial charge in [0.1, 0.15) is 5.75 Å². The lowest BCUT2D eigenvalue weighted by atomic mass is 10.3. The van der Waals surface area contributed by atoms with Crippen LogP contribution in [0.4, 0.5) is 10.8 Å². The predicted molar refractivity (Wildman–Crippen MR) is 102 cm³/mol. The topological polar surface area (TPSA) is 42.4 Å². The summed E-state index contributed by atoms with van der Waals surface area (Å²) in [5.74, 6) is 0.113. The van der Waals surface area contributed by atoms with Crippen LogP contribution in [0.1, 0.15) is 5.69 Å². The summed E-state index contributed by atoms with van der Waals surface area (Å²) in [4.78, 5) is 18.8. The molecule has 0 unspecified atom stereocenters. The Balaban J connectivity index is 1.83. The van der Waals surface area contributed by atoms with Crippen molar-refractivity contribution in [3.8, 4) is 5.75 Å². The lowest BCUT2D eigenvalue weighted by Crippen LogP contribution is -2.30. The van der Waals surface area contributed by atoms with E-state index in [0.717, 1.165) is 11.4 Å². The van der Waals surface area contributed by atoms with Crippen molar-refractivity contribution in [1.82, 2.24) is 4.98 Å². The van der Waals surface area contributed by atoms with Gasteiger partial charge in [-0.1, -0.05) is 41.4 Å². The minimum absolute atomic E-state index is 0.187. The number of rotatable bonds is 5. The zero-order valence-electron chi connectivity index (χ0n) is 13.3. The van der Waals surface area contributed by atoms with E-state index < -0.39 is 0 Å². The summed E-state index contributed by atoms with van der Waals surface area (Å²) < 4.78 is 5.58.